The Morgan fingerprint density at radius 1 is 1.18 bits per heavy atom. The second kappa shape index (κ2) is 6.50. The number of nitrogens with zero attached hydrogens (tertiary/aromatic N) is 5. The normalized spacial score (nSPS) is 10.5. The van der Waals surface area contributed by atoms with Crippen molar-refractivity contribution in [3.63, 3.8) is 0 Å². The van der Waals surface area contributed by atoms with Gasteiger partial charge in [-0.2, -0.15) is 0 Å². The Kier molecular flexibility index (Phi) is 4.26. The van der Waals surface area contributed by atoms with Crippen molar-refractivity contribution in [1.29, 1.82) is 0 Å². The molecule has 7 heteroatoms. The van der Waals surface area contributed by atoms with Gasteiger partial charge in [-0.25, -0.2) is 24.9 Å². The number of unbranched alkanes of at least 4 members (excludes halogenated alkanes) is 2. The van der Waals surface area contributed by atoms with Crippen LogP contribution in [0.5, 0.6) is 0 Å². The smallest absolute Gasteiger partial charge is 0.208 e. The summed E-state index contributed by atoms with van der Waals surface area (Å²) in [5, 5.41) is 0.282. The minimum Gasteiger partial charge on any atom is -0.322 e. The third kappa shape index (κ3) is 3.05. The van der Waals surface area contributed by atoms with Gasteiger partial charge in [-0.05, 0) is 12.3 Å². The zero-order valence-electron chi connectivity index (χ0n) is 12.0. The third-order valence-corrected chi connectivity index (χ3v) is 3.25. The van der Waals surface area contributed by atoms with E-state index in [0.29, 0.717) is 22.8 Å². The van der Waals surface area contributed by atoms with Gasteiger partial charge in [0.2, 0.25) is 5.82 Å². The van der Waals surface area contributed by atoms with Crippen LogP contribution < -0.4 is 0 Å². The molecule has 0 aromatic carbocycles. The fraction of sp³-hybridized carbons (Fsp3) is 0.267. The van der Waals surface area contributed by atoms with Gasteiger partial charge in [0.15, 0.2) is 10.8 Å². The van der Waals surface area contributed by atoms with Gasteiger partial charge in [0.1, 0.15) is 17.7 Å². The SMILES string of the molecule is CCCCC#Cc1nc(Cl)c2nc(-c3cncnc3)[nH]c2n1. The maximum absolute atomic E-state index is 6.17. The van der Waals surface area contributed by atoms with Crippen molar-refractivity contribution in [3.05, 3.63) is 29.7 Å². The molecule has 0 saturated carbocycles. The van der Waals surface area contributed by atoms with Crippen molar-refractivity contribution < 1.29 is 0 Å². The Bertz CT molecular complexity index is 847. The van der Waals surface area contributed by atoms with Gasteiger partial charge in [-0.3, -0.25) is 0 Å². The molecule has 0 spiro atoms. The Labute approximate surface area is 132 Å². The lowest BCUT2D eigenvalue weighted by molar-refractivity contribution is 0.828. The van der Waals surface area contributed by atoms with Crippen molar-refractivity contribution >= 4 is 22.8 Å². The van der Waals surface area contributed by atoms with E-state index in [1.807, 2.05) is 0 Å². The molecule has 0 amide bonds. The van der Waals surface area contributed by atoms with Gasteiger partial charge < -0.3 is 4.98 Å². The summed E-state index contributed by atoms with van der Waals surface area (Å²) in [4.78, 5) is 24.0. The molecule has 3 rings (SSSR count). The van der Waals surface area contributed by atoms with Gasteiger partial charge in [0, 0.05) is 18.8 Å². The number of imidazole rings is 1. The van der Waals surface area contributed by atoms with E-state index in [1.54, 1.807) is 12.4 Å². The molecule has 6 nitrogen and oxygen atoms in total. The third-order valence-electron chi connectivity index (χ3n) is 2.99. The van der Waals surface area contributed by atoms with Crippen molar-refractivity contribution in [2.45, 2.75) is 26.2 Å². The molecule has 22 heavy (non-hydrogen) atoms. The molecule has 0 bridgehead atoms. The Morgan fingerprint density at radius 3 is 2.77 bits per heavy atom. The van der Waals surface area contributed by atoms with Gasteiger partial charge in [-0.15, -0.1) is 0 Å². The van der Waals surface area contributed by atoms with E-state index in [2.05, 4.69) is 48.7 Å². The van der Waals surface area contributed by atoms with Crippen molar-refractivity contribution in [2.75, 3.05) is 0 Å². The minimum atomic E-state index is 0.282. The lowest BCUT2D eigenvalue weighted by Gasteiger charge is -1.92. The number of rotatable bonds is 3. The molecule has 0 fully saturated rings. The first-order valence-corrected chi connectivity index (χ1v) is 7.33. The van der Waals surface area contributed by atoms with E-state index in [0.717, 1.165) is 24.8 Å². The molecule has 0 atom stereocenters. The zero-order valence-corrected chi connectivity index (χ0v) is 12.7. The molecule has 3 heterocycles. The Balaban J connectivity index is 1.98. The summed E-state index contributed by atoms with van der Waals surface area (Å²) in [6.07, 6.45) is 7.78. The summed E-state index contributed by atoms with van der Waals surface area (Å²) < 4.78 is 0. The van der Waals surface area contributed by atoms with Crippen LogP contribution in [0.3, 0.4) is 0 Å². The number of nitrogens with one attached hydrogen (secondary N) is 1. The summed E-state index contributed by atoms with van der Waals surface area (Å²) >= 11 is 6.17. The van der Waals surface area contributed by atoms with E-state index in [4.69, 9.17) is 11.6 Å². The average Bonchev–Trinajstić information content (AvgIpc) is 2.97. The number of H-pyrrole nitrogens is 1. The fourth-order valence-corrected chi connectivity index (χ4v) is 2.10. The van der Waals surface area contributed by atoms with Crippen LogP contribution in [0.1, 0.15) is 32.0 Å². The number of halogens is 1. The fourth-order valence-electron chi connectivity index (χ4n) is 1.89. The van der Waals surface area contributed by atoms with Crippen LogP contribution in [0, 0.1) is 11.8 Å². The van der Waals surface area contributed by atoms with E-state index < -0.39 is 0 Å². The first-order chi connectivity index (χ1) is 10.8. The molecule has 0 aliphatic carbocycles. The van der Waals surface area contributed by atoms with Gasteiger partial charge in [0.05, 0.1) is 5.56 Å². The van der Waals surface area contributed by atoms with E-state index >= 15 is 0 Å². The summed E-state index contributed by atoms with van der Waals surface area (Å²) in [6.45, 7) is 2.13. The summed E-state index contributed by atoms with van der Waals surface area (Å²) in [7, 11) is 0. The highest BCUT2D eigenvalue weighted by Crippen LogP contribution is 2.22. The molecule has 0 unspecified atom stereocenters. The van der Waals surface area contributed by atoms with Gasteiger partial charge in [0.25, 0.3) is 0 Å². The van der Waals surface area contributed by atoms with E-state index in [1.165, 1.54) is 6.33 Å². The molecule has 0 aliphatic rings. The standard InChI is InChI=1S/C15H13ClN6/c1-2-3-4-5-6-11-19-13(16)12-15(20-11)22-14(21-12)10-7-17-9-18-8-10/h7-9H,2-4H2,1H3,(H,19,20,21,22). The Hall–Kier alpha value is -2.52. The maximum atomic E-state index is 6.17. The number of aromatic amines is 1. The first kappa shape index (κ1) is 14.4. The molecular formula is C15H13ClN6. The highest BCUT2D eigenvalue weighted by molar-refractivity contribution is 6.33. The molecule has 3 aromatic rings. The minimum absolute atomic E-state index is 0.282. The van der Waals surface area contributed by atoms with Crippen LogP contribution in [0.25, 0.3) is 22.6 Å². The van der Waals surface area contributed by atoms with Crippen LogP contribution in [-0.4, -0.2) is 29.9 Å². The second-order valence-electron chi connectivity index (χ2n) is 4.65. The van der Waals surface area contributed by atoms with Gasteiger partial charge in [-0.1, -0.05) is 30.9 Å². The predicted molar refractivity (Wildman–Crippen MR) is 84.1 cm³/mol. The molecule has 110 valence electrons. The summed E-state index contributed by atoms with van der Waals surface area (Å²) in [6, 6.07) is 0. The van der Waals surface area contributed by atoms with E-state index in [-0.39, 0.29) is 5.15 Å². The first-order valence-electron chi connectivity index (χ1n) is 6.95. The molecule has 0 aliphatic heterocycles. The largest absolute Gasteiger partial charge is 0.322 e. The van der Waals surface area contributed by atoms with Crippen LogP contribution in [0.15, 0.2) is 18.7 Å². The Morgan fingerprint density at radius 2 is 2.00 bits per heavy atom. The topological polar surface area (TPSA) is 80.2 Å². The van der Waals surface area contributed by atoms with Crippen LogP contribution >= 0.6 is 11.6 Å². The monoisotopic (exact) mass is 312 g/mol. The van der Waals surface area contributed by atoms with E-state index in [9.17, 15) is 0 Å². The number of hydrogen-bond donors (Lipinski definition) is 1. The molecule has 0 saturated heterocycles. The zero-order chi connectivity index (χ0) is 15.4. The number of hydrogen-bond acceptors (Lipinski definition) is 5. The lowest BCUT2D eigenvalue weighted by Crippen LogP contribution is -1.91. The quantitative estimate of drug-likeness (QED) is 0.457. The highest BCUT2D eigenvalue weighted by Gasteiger charge is 2.12. The van der Waals surface area contributed by atoms with Crippen molar-refractivity contribution in [2.24, 2.45) is 0 Å². The molecule has 0 radical (unpaired) electrons. The van der Waals surface area contributed by atoms with Crippen LogP contribution in [0.4, 0.5) is 0 Å². The van der Waals surface area contributed by atoms with Crippen molar-refractivity contribution in [1.82, 2.24) is 29.9 Å². The molecule has 1 N–H and O–H groups in total. The number of fused-ring (bicyclic) bond motifs is 1. The molecular weight excluding hydrogens is 300 g/mol. The molecule has 3 aromatic heterocycles. The maximum Gasteiger partial charge on any atom is 0.208 e. The average molecular weight is 313 g/mol. The summed E-state index contributed by atoms with van der Waals surface area (Å²) in [5.74, 6) is 6.97. The second-order valence-corrected chi connectivity index (χ2v) is 5.01. The number of aromatic nitrogens is 6. The van der Waals surface area contributed by atoms with Crippen LogP contribution in [-0.2, 0) is 0 Å². The highest BCUT2D eigenvalue weighted by atomic mass is 35.5. The van der Waals surface area contributed by atoms with Crippen molar-refractivity contribution in [3.8, 4) is 23.2 Å². The summed E-state index contributed by atoms with van der Waals surface area (Å²) in [5.41, 5.74) is 1.82. The van der Waals surface area contributed by atoms with Gasteiger partial charge >= 0.3 is 0 Å². The predicted octanol–water partition coefficient (Wildman–Crippen LogP) is 3.01. The lowest BCUT2D eigenvalue weighted by atomic mass is 10.2. The van der Waals surface area contributed by atoms with Crippen LogP contribution in [0.2, 0.25) is 5.15 Å².